The van der Waals surface area contributed by atoms with Gasteiger partial charge in [0.2, 0.25) is 0 Å². The fraction of sp³-hybridized carbons (Fsp3) is 0.167. The number of nitrogens with zero attached hydrogens (tertiary/aromatic N) is 2. The molecule has 1 aromatic heterocycles. The van der Waals surface area contributed by atoms with Crippen LogP contribution in [0.1, 0.15) is 11.3 Å². The van der Waals surface area contributed by atoms with Crippen LogP contribution in [0.25, 0.3) is 0 Å². The zero-order valence-corrected chi connectivity index (χ0v) is 11.0. The average molecular weight is 311 g/mol. The van der Waals surface area contributed by atoms with Gasteiger partial charge < -0.3 is 9.67 Å². The summed E-state index contributed by atoms with van der Waals surface area (Å²) in [5, 5.41) is 19.8. The number of benzene rings is 1. The van der Waals surface area contributed by atoms with Crippen LogP contribution < -0.4 is 0 Å². The third kappa shape index (κ3) is 2.60. The third-order valence-corrected chi connectivity index (χ3v) is 3.41. The lowest BCUT2D eigenvalue weighted by atomic mass is 10.2. The number of nitro benzene ring substituents is 1. The topological polar surface area (TPSA) is 68.3 Å². The Morgan fingerprint density at radius 1 is 1.39 bits per heavy atom. The van der Waals surface area contributed by atoms with Gasteiger partial charge >= 0.3 is 0 Å². The Morgan fingerprint density at radius 3 is 2.78 bits per heavy atom. The minimum Gasteiger partial charge on any atom is -0.390 e. The zero-order chi connectivity index (χ0) is 13.1. The molecule has 2 rings (SSSR count). The molecule has 6 heteroatoms. The first-order valence-electron chi connectivity index (χ1n) is 5.29. The van der Waals surface area contributed by atoms with Crippen molar-refractivity contribution in [3.05, 3.63) is 62.4 Å². The molecule has 0 aliphatic heterocycles. The number of nitro groups is 1. The van der Waals surface area contributed by atoms with E-state index in [9.17, 15) is 10.1 Å². The molecule has 0 atom stereocenters. The molecule has 0 saturated heterocycles. The molecule has 0 saturated carbocycles. The molecule has 2 aromatic rings. The van der Waals surface area contributed by atoms with E-state index in [2.05, 4.69) is 15.9 Å². The SMILES string of the molecule is O=[N+]([O-])c1ccc(Cn2cccc2CO)c(Br)c1. The van der Waals surface area contributed by atoms with Gasteiger partial charge in [0.25, 0.3) is 5.69 Å². The van der Waals surface area contributed by atoms with Crippen LogP contribution in [0.5, 0.6) is 0 Å². The Balaban J connectivity index is 2.27. The van der Waals surface area contributed by atoms with Crippen LogP contribution >= 0.6 is 15.9 Å². The van der Waals surface area contributed by atoms with Gasteiger partial charge in [-0.2, -0.15) is 0 Å². The number of hydrogen-bond donors (Lipinski definition) is 1. The lowest BCUT2D eigenvalue weighted by Gasteiger charge is -2.09. The maximum Gasteiger partial charge on any atom is 0.270 e. The summed E-state index contributed by atoms with van der Waals surface area (Å²) in [6.07, 6.45) is 1.86. The Morgan fingerprint density at radius 2 is 2.17 bits per heavy atom. The van der Waals surface area contributed by atoms with Gasteiger partial charge in [0.15, 0.2) is 0 Å². The third-order valence-electron chi connectivity index (χ3n) is 2.67. The van der Waals surface area contributed by atoms with Gasteiger partial charge in [-0.3, -0.25) is 10.1 Å². The smallest absolute Gasteiger partial charge is 0.270 e. The van der Waals surface area contributed by atoms with Gasteiger partial charge in [-0.05, 0) is 23.8 Å². The number of aromatic nitrogens is 1. The van der Waals surface area contributed by atoms with Crippen molar-refractivity contribution in [3.63, 3.8) is 0 Å². The second-order valence-electron chi connectivity index (χ2n) is 3.82. The fourth-order valence-electron chi connectivity index (χ4n) is 1.71. The highest BCUT2D eigenvalue weighted by molar-refractivity contribution is 9.10. The number of halogens is 1. The molecule has 0 unspecified atom stereocenters. The van der Waals surface area contributed by atoms with Crippen LogP contribution in [0.2, 0.25) is 0 Å². The summed E-state index contributed by atoms with van der Waals surface area (Å²) in [6, 6.07) is 8.35. The van der Waals surface area contributed by atoms with Crippen molar-refractivity contribution in [2.75, 3.05) is 0 Å². The molecule has 5 nitrogen and oxygen atoms in total. The van der Waals surface area contributed by atoms with Crippen LogP contribution in [-0.4, -0.2) is 14.6 Å². The van der Waals surface area contributed by atoms with Gasteiger partial charge in [0.05, 0.1) is 11.5 Å². The van der Waals surface area contributed by atoms with E-state index in [0.717, 1.165) is 11.3 Å². The number of aliphatic hydroxyl groups excluding tert-OH is 1. The van der Waals surface area contributed by atoms with Gasteiger partial charge in [-0.1, -0.05) is 15.9 Å². The van der Waals surface area contributed by atoms with E-state index in [0.29, 0.717) is 11.0 Å². The first-order valence-corrected chi connectivity index (χ1v) is 6.09. The quantitative estimate of drug-likeness (QED) is 0.697. The Kier molecular flexibility index (Phi) is 3.78. The maximum atomic E-state index is 10.6. The summed E-state index contributed by atoms with van der Waals surface area (Å²) >= 11 is 3.33. The monoisotopic (exact) mass is 310 g/mol. The average Bonchev–Trinajstić information content (AvgIpc) is 2.78. The summed E-state index contributed by atoms with van der Waals surface area (Å²) in [6.45, 7) is 0.527. The molecule has 0 spiro atoms. The minimum absolute atomic E-state index is 0.0302. The normalized spacial score (nSPS) is 10.6. The lowest BCUT2D eigenvalue weighted by Crippen LogP contribution is -2.03. The van der Waals surface area contributed by atoms with Crippen molar-refractivity contribution in [2.24, 2.45) is 0 Å². The molecule has 0 bridgehead atoms. The van der Waals surface area contributed by atoms with Crippen molar-refractivity contribution in [3.8, 4) is 0 Å². The number of hydrogen-bond acceptors (Lipinski definition) is 3. The van der Waals surface area contributed by atoms with Crippen molar-refractivity contribution in [1.82, 2.24) is 4.57 Å². The maximum absolute atomic E-state index is 10.6. The molecular weight excluding hydrogens is 300 g/mol. The van der Waals surface area contributed by atoms with Crippen LogP contribution in [0.4, 0.5) is 5.69 Å². The van der Waals surface area contributed by atoms with E-state index in [1.165, 1.54) is 12.1 Å². The molecule has 18 heavy (non-hydrogen) atoms. The highest BCUT2D eigenvalue weighted by Crippen LogP contribution is 2.24. The molecule has 94 valence electrons. The number of aliphatic hydroxyl groups is 1. The van der Waals surface area contributed by atoms with Gasteiger partial charge in [0.1, 0.15) is 0 Å². The lowest BCUT2D eigenvalue weighted by molar-refractivity contribution is -0.384. The van der Waals surface area contributed by atoms with E-state index in [4.69, 9.17) is 5.11 Å². The standard InChI is InChI=1S/C12H11BrN2O3/c13-12-6-10(15(17)18)4-3-9(12)7-14-5-1-2-11(14)8-16/h1-6,16H,7-8H2. The largest absolute Gasteiger partial charge is 0.390 e. The van der Waals surface area contributed by atoms with E-state index in [1.807, 2.05) is 22.9 Å². The van der Waals surface area contributed by atoms with E-state index in [1.54, 1.807) is 6.07 Å². The molecule has 0 fully saturated rings. The predicted octanol–water partition coefficient (Wildman–Crippen LogP) is 2.70. The molecule has 1 aromatic carbocycles. The van der Waals surface area contributed by atoms with Crippen LogP contribution in [0.3, 0.4) is 0 Å². The summed E-state index contributed by atoms with van der Waals surface area (Å²) in [5.74, 6) is 0. The first-order chi connectivity index (χ1) is 8.61. The van der Waals surface area contributed by atoms with Crippen LogP contribution in [0.15, 0.2) is 41.0 Å². The van der Waals surface area contributed by atoms with Gasteiger partial charge in [-0.15, -0.1) is 0 Å². The number of non-ortho nitro benzene ring substituents is 1. The van der Waals surface area contributed by atoms with E-state index in [-0.39, 0.29) is 12.3 Å². The van der Waals surface area contributed by atoms with E-state index < -0.39 is 4.92 Å². The predicted molar refractivity (Wildman–Crippen MR) is 70.3 cm³/mol. The molecule has 1 N–H and O–H groups in total. The Labute approximate surface area is 112 Å². The summed E-state index contributed by atoms with van der Waals surface area (Å²) in [5.41, 5.74) is 1.78. The second kappa shape index (κ2) is 5.32. The summed E-state index contributed by atoms with van der Waals surface area (Å²) in [7, 11) is 0. The van der Waals surface area contributed by atoms with Gasteiger partial charge in [0, 0.05) is 35.0 Å². The molecule has 0 aliphatic rings. The number of rotatable bonds is 4. The van der Waals surface area contributed by atoms with Crippen LogP contribution in [0, 0.1) is 10.1 Å². The van der Waals surface area contributed by atoms with Crippen molar-refractivity contribution >= 4 is 21.6 Å². The highest BCUT2D eigenvalue weighted by Gasteiger charge is 2.10. The molecule has 1 heterocycles. The van der Waals surface area contributed by atoms with E-state index >= 15 is 0 Å². The van der Waals surface area contributed by atoms with Crippen molar-refractivity contribution < 1.29 is 10.0 Å². The van der Waals surface area contributed by atoms with Crippen molar-refractivity contribution in [2.45, 2.75) is 13.2 Å². The first kappa shape index (κ1) is 12.8. The minimum atomic E-state index is -0.427. The Hall–Kier alpha value is -1.66. The summed E-state index contributed by atoms with van der Waals surface area (Å²) in [4.78, 5) is 10.2. The molecule has 0 radical (unpaired) electrons. The summed E-state index contributed by atoms with van der Waals surface area (Å²) < 4.78 is 2.58. The van der Waals surface area contributed by atoms with Gasteiger partial charge in [-0.25, -0.2) is 0 Å². The fourth-order valence-corrected chi connectivity index (χ4v) is 2.20. The molecule has 0 amide bonds. The second-order valence-corrected chi connectivity index (χ2v) is 4.67. The molecular formula is C12H11BrN2O3. The van der Waals surface area contributed by atoms with Crippen LogP contribution in [-0.2, 0) is 13.2 Å². The van der Waals surface area contributed by atoms with Crippen molar-refractivity contribution in [1.29, 1.82) is 0 Å². The Bertz CT molecular complexity index is 580. The highest BCUT2D eigenvalue weighted by atomic mass is 79.9. The zero-order valence-electron chi connectivity index (χ0n) is 9.41. The molecule has 0 aliphatic carbocycles.